The Kier molecular flexibility index (Phi) is 4.67. The standard InChI is InChI=1S/C10H15BrN4O/c1-7(2)14-9(16)6-15(3)10-12-4-8(11)5-13-10/h4-5,7H,6H2,1-3H3,(H,14,16). The van der Waals surface area contributed by atoms with Crippen molar-refractivity contribution in [3.63, 3.8) is 0 Å². The van der Waals surface area contributed by atoms with Gasteiger partial charge in [0, 0.05) is 25.5 Å². The number of amides is 1. The van der Waals surface area contributed by atoms with Crippen LogP contribution in [-0.2, 0) is 4.79 Å². The molecule has 0 aliphatic heterocycles. The van der Waals surface area contributed by atoms with Crippen LogP contribution in [0.1, 0.15) is 13.8 Å². The number of nitrogens with one attached hydrogen (secondary N) is 1. The SMILES string of the molecule is CC(C)NC(=O)CN(C)c1ncc(Br)cn1. The van der Waals surface area contributed by atoms with Crippen molar-refractivity contribution in [3.8, 4) is 0 Å². The largest absolute Gasteiger partial charge is 0.352 e. The van der Waals surface area contributed by atoms with Crippen LogP contribution in [0.25, 0.3) is 0 Å². The van der Waals surface area contributed by atoms with Crippen molar-refractivity contribution in [1.29, 1.82) is 0 Å². The van der Waals surface area contributed by atoms with Crippen molar-refractivity contribution in [1.82, 2.24) is 15.3 Å². The molecule has 1 aromatic rings. The zero-order chi connectivity index (χ0) is 12.1. The minimum atomic E-state index is -0.0379. The number of aromatic nitrogens is 2. The maximum atomic E-state index is 11.5. The summed E-state index contributed by atoms with van der Waals surface area (Å²) in [7, 11) is 1.78. The molecular formula is C10H15BrN4O. The highest BCUT2D eigenvalue weighted by molar-refractivity contribution is 9.10. The molecule has 0 fully saturated rings. The number of hydrogen-bond acceptors (Lipinski definition) is 4. The molecule has 0 atom stereocenters. The molecule has 6 heteroatoms. The van der Waals surface area contributed by atoms with Gasteiger partial charge in [0.1, 0.15) is 0 Å². The normalized spacial score (nSPS) is 10.3. The van der Waals surface area contributed by atoms with E-state index in [0.29, 0.717) is 5.95 Å². The molecule has 0 radical (unpaired) electrons. The van der Waals surface area contributed by atoms with Crippen LogP contribution in [0.15, 0.2) is 16.9 Å². The molecule has 0 saturated heterocycles. The third-order valence-corrected chi connectivity index (χ3v) is 2.19. The summed E-state index contributed by atoms with van der Waals surface area (Å²) in [6.07, 6.45) is 3.30. The Morgan fingerprint density at radius 2 is 2.06 bits per heavy atom. The van der Waals surface area contributed by atoms with Crippen molar-refractivity contribution in [2.75, 3.05) is 18.5 Å². The Balaban J connectivity index is 2.55. The lowest BCUT2D eigenvalue weighted by Gasteiger charge is -2.17. The Hall–Kier alpha value is -1.17. The van der Waals surface area contributed by atoms with Gasteiger partial charge in [-0.1, -0.05) is 0 Å². The Labute approximate surface area is 103 Å². The summed E-state index contributed by atoms with van der Waals surface area (Å²) in [5.74, 6) is 0.492. The first-order valence-corrected chi connectivity index (χ1v) is 5.76. The topological polar surface area (TPSA) is 58.1 Å². The third-order valence-electron chi connectivity index (χ3n) is 1.78. The average Bonchev–Trinajstić information content (AvgIpc) is 2.16. The zero-order valence-electron chi connectivity index (χ0n) is 9.57. The lowest BCUT2D eigenvalue weighted by atomic mass is 10.4. The first-order valence-electron chi connectivity index (χ1n) is 4.97. The monoisotopic (exact) mass is 286 g/mol. The first kappa shape index (κ1) is 12.9. The van der Waals surface area contributed by atoms with Crippen molar-refractivity contribution < 1.29 is 4.79 Å². The van der Waals surface area contributed by atoms with Gasteiger partial charge in [0.25, 0.3) is 0 Å². The second-order valence-corrected chi connectivity index (χ2v) is 4.70. The summed E-state index contributed by atoms with van der Waals surface area (Å²) in [6.45, 7) is 4.10. The third kappa shape index (κ3) is 4.14. The first-order chi connectivity index (χ1) is 7.49. The van der Waals surface area contributed by atoms with Gasteiger partial charge in [0.15, 0.2) is 0 Å². The van der Waals surface area contributed by atoms with Crippen molar-refractivity contribution in [2.24, 2.45) is 0 Å². The lowest BCUT2D eigenvalue weighted by molar-refractivity contribution is -0.120. The molecule has 1 amide bonds. The number of anilines is 1. The van der Waals surface area contributed by atoms with Gasteiger partial charge in [-0.15, -0.1) is 0 Å². The quantitative estimate of drug-likeness (QED) is 0.904. The Bertz CT molecular complexity index is 352. The summed E-state index contributed by atoms with van der Waals surface area (Å²) < 4.78 is 0.816. The molecule has 0 bridgehead atoms. The Morgan fingerprint density at radius 3 is 2.56 bits per heavy atom. The van der Waals surface area contributed by atoms with Crippen molar-refractivity contribution in [3.05, 3.63) is 16.9 Å². The van der Waals surface area contributed by atoms with Gasteiger partial charge in [-0.05, 0) is 29.8 Å². The minimum Gasteiger partial charge on any atom is -0.352 e. The van der Waals surface area contributed by atoms with E-state index in [1.807, 2.05) is 13.8 Å². The van der Waals surface area contributed by atoms with Crippen LogP contribution >= 0.6 is 15.9 Å². The number of halogens is 1. The number of rotatable bonds is 4. The summed E-state index contributed by atoms with van der Waals surface area (Å²) in [5, 5.41) is 2.81. The van der Waals surface area contributed by atoms with Crippen LogP contribution in [-0.4, -0.2) is 35.5 Å². The van der Waals surface area contributed by atoms with E-state index in [1.54, 1.807) is 24.3 Å². The predicted octanol–water partition coefficient (Wildman–Crippen LogP) is 1.20. The van der Waals surface area contributed by atoms with Gasteiger partial charge in [-0.25, -0.2) is 9.97 Å². The molecule has 0 saturated carbocycles. The summed E-state index contributed by atoms with van der Waals surface area (Å²) in [6, 6.07) is 0.145. The van der Waals surface area contributed by atoms with E-state index >= 15 is 0 Å². The summed E-state index contributed by atoms with van der Waals surface area (Å²) >= 11 is 3.26. The molecule has 1 rings (SSSR count). The van der Waals surface area contributed by atoms with Gasteiger partial charge < -0.3 is 10.2 Å². The molecule has 0 aromatic carbocycles. The number of hydrogen-bond donors (Lipinski definition) is 1. The highest BCUT2D eigenvalue weighted by Crippen LogP contribution is 2.09. The molecule has 1 aromatic heterocycles. The molecule has 0 aliphatic carbocycles. The molecular weight excluding hydrogens is 272 g/mol. The van der Waals surface area contributed by atoms with Crippen LogP contribution in [0.4, 0.5) is 5.95 Å². The fraction of sp³-hybridized carbons (Fsp3) is 0.500. The lowest BCUT2D eigenvalue weighted by Crippen LogP contribution is -2.39. The van der Waals surface area contributed by atoms with E-state index in [-0.39, 0.29) is 18.5 Å². The van der Waals surface area contributed by atoms with Gasteiger partial charge in [0.05, 0.1) is 11.0 Å². The maximum absolute atomic E-state index is 11.5. The van der Waals surface area contributed by atoms with E-state index in [9.17, 15) is 4.79 Å². The average molecular weight is 287 g/mol. The highest BCUT2D eigenvalue weighted by Gasteiger charge is 2.09. The van der Waals surface area contributed by atoms with E-state index in [1.165, 1.54) is 0 Å². The van der Waals surface area contributed by atoms with Crippen LogP contribution < -0.4 is 10.2 Å². The molecule has 88 valence electrons. The van der Waals surface area contributed by atoms with E-state index in [0.717, 1.165) is 4.47 Å². The second kappa shape index (κ2) is 5.79. The number of nitrogens with zero attached hydrogens (tertiary/aromatic N) is 3. The van der Waals surface area contributed by atoms with Gasteiger partial charge >= 0.3 is 0 Å². The van der Waals surface area contributed by atoms with Gasteiger partial charge in [-0.3, -0.25) is 4.79 Å². The fourth-order valence-electron chi connectivity index (χ4n) is 1.16. The van der Waals surface area contributed by atoms with E-state index < -0.39 is 0 Å². The summed E-state index contributed by atoms with van der Waals surface area (Å²) in [4.78, 5) is 21.4. The molecule has 1 N–H and O–H groups in total. The van der Waals surface area contributed by atoms with Crippen LogP contribution in [0.5, 0.6) is 0 Å². The van der Waals surface area contributed by atoms with E-state index in [4.69, 9.17) is 0 Å². The Morgan fingerprint density at radius 1 is 1.50 bits per heavy atom. The molecule has 1 heterocycles. The van der Waals surface area contributed by atoms with Crippen molar-refractivity contribution >= 4 is 27.8 Å². The van der Waals surface area contributed by atoms with Gasteiger partial charge in [-0.2, -0.15) is 0 Å². The van der Waals surface area contributed by atoms with Crippen LogP contribution in [0, 0.1) is 0 Å². The number of carbonyl (C=O) groups excluding carboxylic acids is 1. The zero-order valence-corrected chi connectivity index (χ0v) is 11.2. The van der Waals surface area contributed by atoms with Gasteiger partial charge in [0.2, 0.25) is 11.9 Å². The minimum absolute atomic E-state index is 0.0379. The number of likely N-dealkylation sites (N-methyl/N-ethyl adjacent to an activating group) is 1. The van der Waals surface area contributed by atoms with E-state index in [2.05, 4.69) is 31.2 Å². The highest BCUT2D eigenvalue weighted by atomic mass is 79.9. The molecule has 0 aliphatic rings. The molecule has 5 nitrogen and oxygen atoms in total. The molecule has 16 heavy (non-hydrogen) atoms. The van der Waals surface area contributed by atoms with Crippen LogP contribution in [0.3, 0.4) is 0 Å². The second-order valence-electron chi connectivity index (χ2n) is 3.78. The predicted molar refractivity (Wildman–Crippen MR) is 66.3 cm³/mol. The molecule has 0 spiro atoms. The fourth-order valence-corrected chi connectivity index (χ4v) is 1.36. The number of carbonyl (C=O) groups is 1. The smallest absolute Gasteiger partial charge is 0.239 e. The maximum Gasteiger partial charge on any atom is 0.239 e. The van der Waals surface area contributed by atoms with Crippen LogP contribution in [0.2, 0.25) is 0 Å². The van der Waals surface area contributed by atoms with Crippen molar-refractivity contribution in [2.45, 2.75) is 19.9 Å². The molecule has 0 unspecified atom stereocenters. The summed E-state index contributed by atoms with van der Waals surface area (Å²) in [5.41, 5.74) is 0.